The van der Waals surface area contributed by atoms with E-state index in [0.29, 0.717) is 11.3 Å². The molecule has 24 heavy (non-hydrogen) atoms. The van der Waals surface area contributed by atoms with Gasteiger partial charge in [0.15, 0.2) is 0 Å². The highest BCUT2D eigenvalue weighted by Crippen LogP contribution is 2.17. The third-order valence-corrected chi connectivity index (χ3v) is 4.21. The lowest BCUT2D eigenvalue weighted by Gasteiger charge is -2.22. The minimum Gasteiger partial charge on any atom is -0.340 e. The molecule has 126 valence electrons. The molecule has 4 nitrogen and oxygen atoms in total. The van der Waals surface area contributed by atoms with Gasteiger partial charge >= 0.3 is 0 Å². The van der Waals surface area contributed by atoms with Gasteiger partial charge in [0, 0.05) is 15.7 Å². The molecule has 0 saturated heterocycles. The van der Waals surface area contributed by atoms with Crippen LogP contribution in [0.15, 0.2) is 53.0 Å². The molecule has 0 aliphatic heterocycles. The van der Waals surface area contributed by atoms with Crippen LogP contribution in [0.2, 0.25) is 0 Å². The Morgan fingerprint density at radius 1 is 1.04 bits per heavy atom. The van der Waals surface area contributed by atoms with E-state index < -0.39 is 6.04 Å². The Morgan fingerprint density at radius 2 is 1.75 bits per heavy atom. The highest BCUT2D eigenvalue weighted by Gasteiger charge is 2.25. The summed E-state index contributed by atoms with van der Waals surface area (Å²) in [5.41, 5.74) is 2.15. The first-order valence-electron chi connectivity index (χ1n) is 7.81. The summed E-state index contributed by atoms with van der Waals surface area (Å²) in [5, 5.41) is 5.70. The lowest BCUT2D eigenvalue weighted by Crippen LogP contribution is -2.47. The van der Waals surface area contributed by atoms with E-state index in [4.69, 9.17) is 0 Å². The molecule has 2 amide bonds. The van der Waals surface area contributed by atoms with Gasteiger partial charge in [-0.05, 0) is 42.7 Å². The summed E-state index contributed by atoms with van der Waals surface area (Å²) in [4.78, 5) is 25.1. The zero-order chi connectivity index (χ0) is 17.7. The fourth-order valence-corrected chi connectivity index (χ4v) is 2.77. The summed E-state index contributed by atoms with van der Waals surface area (Å²) in [5.74, 6) is -0.508. The minimum absolute atomic E-state index is 0.0369. The lowest BCUT2D eigenvalue weighted by atomic mass is 10.0. The van der Waals surface area contributed by atoms with Gasteiger partial charge < -0.3 is 10.6 Å². The van der Waals surface area contributed by atoms with Gasteiger partial charge in [-0.1, -0.05) is 54.0 Å². The summed E-state index contributed by atoms with van der Waals surface area (Å²) >= 11 is 3.38. The highest BCUT2D eigenvalue weighted by molar-refractivity contribution is 9.10. The quantitative estimate of drug-likeness (QED) is 0.807. The smallest absolute Gasteiger partial charge is 0.252 e. The zero-order valence-corrected chi connectivity index (χ0v) is 15.6. The Balaban J connectivity index is 2.13. The van der Waals surface area contributed by atoms with Crippen molar-refractivity contribution in [1.29, 1.82) is 0 Å². The third-order valence-electron chi connectivity index (χ3n) is 3.72. The first-order chi connectivity index (χ1) is 11.4. The highest BCUT2D eigenvalue weighted by atomic mass is 79.9. The van der Waals surface area contributed by atoms with Crippen molar-refractivity contribution in [2.75, 3.05) is 5.32 Å². The second-order valence-electron chi connectivity index (χ2n) is 6.01. The maximum absolute atomic E-state index is 12.6. The fourth-order valence-electron chi connectivity index (χ4n) is 2.37. The number of halogens is 1. The number of aryl methyl sites for hydroxylation is 1. The zero-order valence-electron chi connectivity index (χ0n) is 14.0. The molecule has 2 N–H and O–H groups in total. The number of hydrogen-bond acceptors (Lipinski definition) is 2. The number of anilines is 1. The molecule has 2 rings (SSSR count). The van der Waals surface area contributed by atoms with E-state index in [1.807, 2.05) is 63.2 Å². The van der Waals surface area contributed by atoms with Crippen LogP contribution in [0.4, 0.5) is 5.69 Å². The Kier molecular flexibility index (Phi) is 6.15. The molecule has 0 aromatic heterocycles. The van der Waals surface area contributed by atoms with Crippen LogP contribution < -0.4 is 10.6 Å². The number of benzene rings is 2. The second-order valence-corrected chi connectivity index (χ2v) is 6.93. The predicted octanol–water partition coefficient (Wildman–Crippen LogP) is 4.15. The van der Waals surface area contributed by atoms with E-state index >= 15 is 0 Å². The van der Waals surface area contributed by atoms with Gasteiger partial charge in [0.2, 0.25) is 5.91 Å². The Labute approximate surface area is 150 Å². The first kappa shape index (κ1) is 18.2. The van der Waals surface area contributed by atoms with Crippen LogP contribution in [0, 0.1) is 12.8 Å². The van der Waals surface area contributed by atoms with Gasteiger partial charge in [0.25, 0.3) is 5.91 Å². The minimum atomic E-state index is -0.615. The van der Waals surface area contributed by atoms with Crippen LogP contribution in [0.25, 0.3) is 0 Å². The molecular formula is C19H21BrN2O2. The average molecular weight is 389 g/mol. The molecule has 2 aromatic rings. The Bertz CT molecular complexity index is 744. The van der Waals surface area contributed by atoms with E-state index in [1.54, 1.807) is 6.07 Å². The summed E-state index contributed by atoms with van der Waals surface area (Å²) in [7, 11) is 0. The summed E-state index contributed by atoms with van der Waals surface area (Å²) in [6.07, 6.45) is 0. The van der Waals surface area contributed by atoms with Crippen molar-refractivity contribution in [3.63, 3.8) is 0 Å². The van der Waals surface area contributed by atoms with Crippen LogP contribution in [0.3, 0.4) is 0 Å². The molecule has 0 saturated carbocycles. The maximum Gasteiger partial charge on any atom is 0.252 e. The van der Waals surface area contributed by atoms with Crippen molar-refractivity contribution in [2.45, 2.75) is 26.8 Å². The molecule has 0 bridgehead atoms. The normalized spacial score (nSPS) is 11.9. The van der Waals surface area contributed by atoms with Gasteiger partial charge in [-0.25, -0.2) is 0 Å². The number of carbonyl (C=O) groups is 2. The molecular weight excluding hydrogens is 368 g/mol. The summed E-state index contributed by atoms with van der Waals surface area (Å²) < 4.78 is 0.880. The molecule has 0 aliphatic rings. The van der Waals surface area contributed by atoms with Crippen LogP contribution in [0.1, 0.15) is 29.8 Å². The van der Waals surface area contributed by atoms with E-state index in [-0.39, 0.29) is 17.7 Å². The Hall–Kier alpha value is -2.14. The van der Waals surface area contributed by atoms with E-state index in [9.17, 15) is 9.59 Å². The van der Waals surface area contributed by atoms with Gasteiger partial charge in [-0.3, -0.25) is 9.59 Å². The second kappa shape index (κ2) is 8.11. The van der Waals surface area contributed by atoms with Crippen molar-refractivity contribution in [3.05, 3.63) is 64.1 Å². The molecule has 0 aliphatic carbocycles. The fraction of sp³-hybridized carbons (Fsp3) is 0.263. The van der Waals surface area contributed by atoms with Crippen molar-refractivity contribution < 1.29 is 9.59 Å². The van der Waals surface area contributed by atoms with Crippen molar-refractivity contribution in [3.8, 4) is 0 Å². The molecule has 5 heteroatoms. The molecule has 1 atom stereocenters. The molecule has 0 heterocycles. The van der Waals surface area contributed by atoms with Crippen LogP contribution >= 0.6 is 15.9 Å². The van der Waals surface area contributed by atoms with Crippen LogP contribution in [-0.2, 0) is 4.79 Å². The topological polar surface area (TPSA) is 58.2 Å². The monoisotopic (exact) mass is 388 g/mol. The SMILES string of the molecule is Cc1ccccc1C(=O)NC(C(=O)Nc1cccc(Br)c1)C(C)C. The molecule has 0 fully saturated rings. The van der Waals surface area contributed by atoms with Crippen LogP contribution in [-0.4, -0.2) is 17.9 Å². The van der Waals surface area contributed by atoms with Gasteiger partial charge in [0.05, 0.1) is 0 Å². The number of amides is 2. The Morgan fingerprint density at radius 3 is 2.38 bits per heavy atom. The van der Waals surface area contributed by atoms with E-state index in [0.717, 1.165) is 10.0 Å². The number of hydrogen-bond donors (Lipinski definition) is 2. The number of nitrogens with one attached hydrogen (secondary N) is 2. The first-order valence-corrected chi connectivity index (χ1v) is 8.60. The number of carbonyl (C=O) groups excluding carboxylic acids is 2. The molecule has 2 aromatic carbocycles. The molecule has 0 spiro atoms. The standard InChI is InChI=1S/C19H21BrN2O2/c1-12(2)17(19(24)21-15-9-6-8-14(20)11-15)22-18(23)16-10-5-4-7-13(16)3/h4-12,17H,1-3H3,(H,21,24)(H,22,23). The van der Waals surface area contributed by atoms with E-state index in [2.05, 4.69) is 26.6 Å². The van der Waals surface area contributed by atoms with E-state index in [1.165, 1.54) is 0 Å². The largest absolute Gasteiger partial charge is 0.340 e. The maximum atomic E-state index is 12.6. The van der Waals surface area contributed by atoms with Gasteiger partial charge in [-0.15, -0.1) is 0 Å². The van der Waals surface area contributed by atoms with Gasteiger partial charge in [0.1, 0.15) is 6.04 Å². The van der Waals surface area contributed by atoms with Gasteiger partial charge in [-0.2, -0.15) is 0 Å². The lowest BCUT2D eigenvalue weighted by molar-refractivity contribution is -0.118. The van der Waals surface area contributed by atoms with Crippen molar-refractivity contribution >= 4 is 33.4 Å². The third kappa shape index (κ3) is 4.68. The van der Waals surface area contributed by atoms with Crippen molar-refractivity contribution in [1.82, 2.24) is 5.32 Å². The number of rotatable bonds is 5. The van der Waals surface area contributed by atoms with Crippen molar-refractivity contribution in [2.24, 2.45) is 5.92 Å². The predicted molar refractivity (Wildman–Crippen MR) is 100 cm³/mol. The molecule has 1 unspecified atom stereocenters. The average Bonchev–Trinajstić information content (AvgIpc) is 2.52. The summed E-state index contributed by atoms with van der Waals surface area (Å²) in [6, 6.07) is 14.1. The van der Waals surface area contributed by atoms with Crippen LogP contribution in [0.5, 0.6) is 0 Å². The summed E-state index contributed by atoms with van der Waals surface area (Å²) in [6.45, 7) is 5.69. The molecule has 0 radical (unpaired) electrons.